The lowest BCUT2D eigenvalue weighted by Gasteiger charge is -2.16. The molecular weight excluding hydrogens is 370 g/mol. The molecule has 0 aliphatic rings. The molecule has 8 heteroatoms. The molecule has 26 heavy (non-hydrogen) atoms. The third kappa shape index (κ3) is 5.31. The monoisotopic (exact) mass is 397 g/mol. The van der Waals surface area contributed by atoms with Crippen molar-refractivity contribution in [1.82, 2.24) is 15.3 Å². The normalized spacial score (nSPS) is 15.0. The maximum absolute atomic E-state index is 12.3. The third-order valence-corrected chi connectivity index (χ3v) is 6.55. The first-order valence-electron chi connectivity index (χ1n) is 8.75. The van der Waals surface area contributed by atoms with Crippen LogP contribution < -0.4 is 10.9 Å². The molecule has 2 heterocycles. The predicted octanol–water partition coefficient (Wildman–Crippen LogP) is 2.75. The first-order chi connectivity index (χ1) is 12.2. The molecule has 6 nitrogen and oxygen atoms in total. The van der Waals surface area contributed by atoms with Gasteiger partial charge in [0.15, 0.2) is 0 Å². The number of nitrogens with one attached hydrogen (secondary N) is 2. The van der Waals surface area contributed by atoms with E-state index in [1.807, 2.05) is 27.7 Å². The van der Waals surface area contributed by atoms with Crippen LogP contribution in [0.25, 0.3) is 10.2 Å². The van der Waals surface area contributed by atoms with Crippen LogP contribution in [0.3, 0.4) is 0 Å². The van der Waals surface area contributed by atoms with Gasteiger partial charge in [0, 0.05) is 11.4 Å². The molecule has 1 amide bonds. The van der Waals surface area contributed by atoms with Crippen LogP contribution in [0.4, 0.5) is 0 Å². The molecule has 0 aromatic carbocycles. The molecule has 0 aliphatic carbocycles. The molecule has 2 aromatic heterocycles. The van der Waals surface area contributed by atoms with Crippen LogP contribution in [0.5, 0.6) is 0 Å². The van der Waals surface area contributed by atoms with Gasteiger partial charge in [0.1, 0.15) is 10.7 Å². The van der Waals surface area contributed by atoms with Gasteiger partial charge in [0.25, 0.3) is 5.56 Å². The summed E-state index contributed by atoms with van der Waals surface area (Å²) in [5.74, 6) is 1.25. The minimum atomic E-state index is -0.365. The third-order valence-electron chi connectivity index (χ3n) is 4.30. The van der Waals surface area contributed by atoms with E-state index in [0.29, 0.717) is 29.9 Å². The van der Waals surface area contributed by atoms with Crippen molar-refractivity contribution in [1.29, 1.82) is 0 Å². The number of hydrogen-bond acceptors (Lipinski definition) is 6. The van der Waals surface area contributed by atoms with Gasteiger partial charge in [-0.1, -0.05) is 6.92 Å². The highest BCUT2D eigenvalue weighted by Gasteiger charge is 2.17. The quantitative estimate of drug-likeness (QED) is 0.637. The van der Waals surface area contributed by atoms with Crippen molar-refractivity contribution in [2.45, 2.75) is 58.1 Å². The molecule has 0 spiro atoms. The second kappa shape index (κ2) is 9.01. The number of aliphatic hydroxyl groups excluding tert-OH is 1. The lowest BCUT2D eigenvalue weighted by molar-refractivity contribution is -0.120. The van der Waals surface area contributed by atoms with Gasteiger partial charge in [0.05, 0.1) is 22.5 Å². The van der Waals surface area contributed by atoms with E-state index in [-0.39, 0.29) is 28.7 Å². The van der Waals surface area contributed by atoms with Crippen molar-refractivity contribution >= 4 is 39.2 Å². The van der Waals surface area contributed by atoms with Gasteiger partial charge in [-0.15, -0.1) is 23.1 Å². The van der Waals surface area contributed by atoms with Crippen molar-refractivity contribution in [3.63, 3.8) is 0 Å². The summed E-state index contributed by atoms with van der Waals surface area (Å²) in [5.41, 5.74) is 0.869. The van der Waals surface area contributed by atoms with E-state index in [1.54, 1.807) is 6.92 Å². The fourth-order valence-electron chi connectivity index (χ4n) is 2.73. The first kappa shape index (κ1) is 20.9. The molecule has 0 radical (unpaired) electrons. The molecule has 3 atom stereocenters. The number of amides is 1. The number of aromatic amines is 1. The van der Waals surface area contributed by atoms with E-state index in [1.165, 1.54) is 23.1 Å². The van der Waals surface area contributed by atoms with Crippen LogP contribution in [0, 0.1) is 19.8 Å². The zero-order valence-corrected chi connectivity index (χ0v) is 17.5. The van der Waals surface area contributed by atoms with Crippen molar-refractivity contribution in [2.75, 3.05) is 6.54 Å². The van der Waals surface area contributed by atoms with Gasteiger partial charge >= 0.3 is 0 Å². The maximum atomic E-state index is 12.3. The lowest BCUT2D eigenvalue weighted by Crippen LogP contribution is -2.34. The highest BCUT2D eigenvalue weighted by molar-refractivity contribution is 7.99. The van der Waals surface area contributed by atoms with E-state index < -0.39 is 0 Å². The Bertz CT molecular complexity index is 829. The minimum absolute atomic E-state index is 0.0429. The molecule has 2 aromatic rings. The summed E-state index contributed by atoms with van der Waals surface area (Å²) in [5, 5.41) is 12.7. The molecule has 0 bridgehead atoms. The van der Waals surface area contributed by atoms with Crippen molar-refractivity contribution < 1.29 is 9.90 Å². The lowest BCUT2D eigenvalue weighted by atomic mass is 10.0. The summed E-state index contributed by atoms with van der Waals surface area (Å²) in [6.45, 7) is 10.1. The molecule has 0 aliphatic heterocycles. The minimum Gasteiger partial charge on any atom is -0.393 e. The second-order valence-electron chi connectivity index (χ2n) is 6.86. The van der Waals surface area contributed by atoms with Crippen LogP contribution in [0.1, 0.15) is 43.5 Å². The molecule has 0 saturated carbocycles. The van der Waals surface area contributed by atoms with Crippen molar-refractivity contribution in [3.8, 4) is 0 Å². The van der Waals surface area contributed by atoms with Crippen LogP contribution in [-0.2, 0) is 10.5 Å². The van der Waals surface area contributed by atoms with Crippen LogP contribution in [0.15, 0.2) is 4.79 Å². The van der Waals surface area contributed by atoms with Gasteiger partial charge in [-0.3, -0.25) is 9.59 Å². The highest BCUT2D eigenvalue weighted by Crippen LogP contribution is 2.26. The van der Waals surface area contributed by atoms with E-state index in [0.717, 1.165) is 15.3 Å². The van der Waals surface area contributed by atoms with Gasteiger partial charge < -0.3 is 15.4 Å². The fourth-order valence-corrected chi connectivity index (χ4v) is 4.56. The molecule has 0 fully saturated rings. The number of thioether (sulfide) groups is 1. The van der Waals surface area contributed by atoms with Gasteiger partial charge in [-0.05, 0) is 45.6 Å². The Morgan fingerprint density at radius 2 is 2.04 bits per heavy atom. The van der Waals surface area contributed by atoms with Crippen molar-refractivity contribution in [2.24, 2.45) is 5.92 Å². The number of H-pyrrole nitrogens is 1. The van der Waals surface area contributed by atoms with Crippen LogP contribution in [0.2, 0.25) is 0 Å². The Balaban J connectivity index is 1.92. The summed E-state index contributed by atoms with van der Waals surface area (Å²) in [7, 11) is 0. The molecule has 144 valence electrons. The van der Waals surface area contributed by atoms with E-state index >= 15 is 0 Å². The van der Waals surface area contributed by atoms with Gasteiger partial charge in [0.2, 0.25) is 5.91 Å². The second-order valence-corrected chi connectivity index (χ2v) is 9.40. The van der Waals surface area contributed by atoms with Gasteiger partial charge in [-0.2, -0.15) is 0 Å². The van der Waals surface area contributed by atoms with Gasteiger partial charge in [-0.25, -0.2) is 4.98 Å². The number of aromatic nitrogens is 2. The molecule has 2 rings (SSSR count). The molecular formula is C18H27N3O3S2. The molecule has 3 unspecified atom stereocenters. The zero-order valence-electron chi connectivity index (χ0n) is 15.9. The Labute approximate surface area is 161 Å². The largest absolute Gasteiger partial charge is 0.393 e. The van der Waals surface area contributed by atoms with Crippen LogP contribution >= 0.6 is 23.1 Å². The average molecular weight is 398 g/mol. The smallest absolute Gasteiger partial charge is 0.259 e. The number of hydrogen-bond donors (Lipinski definition) is 3. The standard InChI is InChI=1S/C18H27N3O3S2/c1-9(6-10(2)22)7-19-16(23)13(5)25-8-14-20-17(24)15-11(3)12(4)26-18(15)21-14/h9-10,13,22H,6-8H2,1-5H3,(H,19,23)(H,20,21,24). The molecule has 0 saturated heterocycles. The number of rotatable bonds is 8. The number of carbonyl (C=O) groups excluding carboxylic acids is 1. The number of fused-ring (bicyclic) bond motifs is 1. The number of aryl methyl sites for hydroxylation is 2. The summed E-state index contributed by atoms with van der Waals surface area (Å²) in [6.07, 6.45) is 0.295. The number of carbonyl (C=O) groups is 1. The van der Waals surface area contributed by atoms with E-state index in [4.69, 9.17) is 0 Å². The molecule has 3 N–H and O–H groups in total. The average Bonchev–Trinajstić information content (AvgIpc) is 2.84. The number of thiophene rings is 1. The Kier molecular flexibility index (Phi) is 7.25. The Morgan fingerprint density at radius 3 is 2.69 bits per heavy atom. The summed E-state index contributed by atoms with van der Waals surface area (Å²) in [6, 6.07) is 0. The van der Waals surface area contributed by atoms with Crippen molar-refractivity contribution in [3.05, 3.63) is 26.6 Å². The number of nitrogens with zero attached hydrogens (tertiary/aromatic N) is 1. The summed E-state index contributed by atoms with van der Waals surface area (Å²) < 4.78 is 0. The van der Waals surface area contributed by atoms with E-state index in [2.05, 4.69) is 15.3 Å². The SMILES string of the molecule is Cc1sc2nc(CSC(C)C(=O)NCC(C)CC(C)O)[nH]c(=O)c2c1C. The topological polar surface area (TPSA) is 95.1 Å². The summed E-state index contributed by atoms with van der Waals surface area (Å²) >= 11 is 2.97. The summed E-state index contributed by atoms with van der Waals surface area (Å²) in [4.78, 5) is 33.7. The maximum Gasteiger partial charge on any atom is 0.259 e. The first-order valence-corrected chi connectivity index (χ1v) is 10.6. The zero-order chi connectivity index (χ0) is 19.4. The Hall–Kier alpha value is -1.38. The fraction of sp³-hybridized carbons (Fsp3) is 0.611. The van der Waals surface area contributed by atoms with E-state index in [9.17, 15) is 14.7 Å². The highest BCUT2D eigenvalue weighted by atomic mass is 32.2. The van der Waals surface area contributed by atoms with Crippen LogP contribution in [-0.4, -0.2) is 38.9 Å². The number of aliphatic hydroxyl groups is 1. The Morgan fingerprint density at radius 1 is 1.35 bits per heavy atom. The predicted molar refractivity (Wildman–Crippen MR) is 109 cm³/mol.